The summed E-state index contributed by atoms with van der Waals surface area (Å²) in [5, 5.41) is 3.36. The number of thioether (sulfide) groups is 1. The topological polar surface area (TPSA) is 67.9 Å². The van der Waals surface area contributed by atoms with E-state index in [1.54, 1.807) is 26.0 Å². The van der Waals surface area contributed by atoms with E-state index in [-0.39, 0.29) is 23.8 Å². The van der Waals surface area contributed by atoms with Gasteiger partial charge in [0.2, 0.25) is 5.91 Å². The van der Waals surface area contributed by atoms with Crippen LogP contribution in [0.15, 0.2) is 53.4 Å². The Balaban J connectivity index is 1.39. The Labute approximate surface area is 199 Å². The zero-order valence-electron chi connectivity index (χ0n) is 19.2. The molecule has 4 rings (SSSR count). The van der Waals surface area contributed by atoms with Crippen LogP contribution in [0.2, 0.25) is 0 Å². The Bertz CT molecular complexity index is 1040. The summed E-state index contributed by atoms with van der Waals surface area (Å²) >= 11 is 1.64. The molecular weight excluding hydrogens is 436 g/mol. The fourth-order valence-corrected chi connectivity index (χ4v) is 6.01. The molecule has 1 aliphatic carbocycles. The molecule has 1 aliphatic heterocycles. The number of nitrogens with one attached hydrogen (secondary N) is 1. The van der Waals surface area contributed by atoms with Gasteiger partial charge >= 0.3 is 0 Å². The second-order valence-electron chi connectivity index (χ2n) is 8.47. The number of nitrogens with zero attached hydrogens (tertiary/aromatic N) is 1. The van der Waals surface area contributed by atoms with E-state index < -0.39 is 0 Å². The highest BCUT2D eigenvalue weighted by molar-refractivity contribution is 8.04. The smallest absolute Gasteiger partial charge is 0.260 e. The minimum Gasteiger partial charge on any atom is -0.497 e. The summed E-state index contributed by atoms with van der Waals surface area (Å²) < 4.78 is 10.6. The third kappa shape index (κ3) is 5.19. The first-order valence-electron chi connectivity index (χ1n) is 11.2. The maximum atomic E-state index is 13.1. The van der Waals surface area contributed by atoms with E-state index in [1.165, 1.54) is 0 Å². The Morgan fingerprint density at radius 2 is 1.88 bits per heavy atom. The Kier molecular flexibility index (Phi) is 7.28. The van der Waals surface area contributed by atoms with Crippen LogP contribution in [0.4, 0.5) is 0 Å². The van der Waals surface area contributed by atoms with Gasteiger partial charge in [-0.1, -0.05) is 30.3 Å². The van der Waals surface area contributed by atoms with Crippen LogP contribution in [-0.4, -0.2) is 49.3 Å². The van der Waals surface area contributed by atoms with Crippen molar-refractivity contribution >= 4 is 29.7 Å². The van der Waals surface area contributed by atoms with Crippen molar-refractivity contribution in [3.05, 3.63) is 64.6 Å². The molecule has 6 nitrogen and oxygen atoms in total. The molecule has 0 bridgehead atoms. The predicted octanol–water partition coefficient (Wildman–Crippen LogP) is 4.10. The fraction of sp³-hybridized carbons (Fsp3) is 0.385. The average Bonchev–Trinajstić information content (AvgIpc) is 2.86. The lowest BCUT2D eigenvalue weighted by molar-refractivity contribution is -0.132. The summed E-state index contributed by atoms with van der Waals surface area (Å²) in [6, 6.07) is 15.5. The summed E-state index contributed by atoms with van der Waals surface area (Å²) in [7, 11) is 5.12. The van der Waals surface area contributed by atoms with Crippen LogP contribution < -0.4 is 14.8 Å². The van der Waals surface area contributed by atoms with Gasteiger partial charge in [-0.2, -0.15) is 0 Å². The Morgan fingerprint density at radius 3 is 2.61 bits per heavy atom. The third-order valence-corrected chi connectivity index (χ3v) is 7.88. The van der Waals surface area contributed by atoms with Gasteiger partial charge in [-0.3, -0.25) is 9.59 Å². The molecule has 2 fully saturated rings. The van der Waals surface area contributed by atoms with Crippen LogP contribution in [0.5, 0.6) is 11.5 Å². The van der Waals surface area contributed by atoms with E-state index in [0.29, 0.717) is 18.2 Å². The molecule has 0 spiro atoms. The molecule has 2 aromatic rings. The third-order valence-electron chi connectivity index (χ3n) is 6.48. The van der Waals surface area contributed by atoms with Crippen LogP contribution in [0.25, 0.3) is 6.08 Å². The van der Waals surface area contributed by atoms with Crippen molar-refractivity contribution in [1.29, 1.82) is 0 Å². The number of methoxy groups -OCH3 is 2. The molecule has 0 radical (unpaired) electrons. The molecule has 33 heavy (non-hydrogen) atoms. The summed E-state index contributed by atoms with van der Waals surface area (Å²) in [6.07, 6.45) is 4.34. The highest BCUT2D eigenvalue weighted by Gasteiger charge is 2.42. The van der Waals surface area contributed by atoms with Gasteiger partial charge in [-0.05, 0) is 49.1 Å². The number of hydrogen-bond acceptors (Lipinski definition) is 5. The van der Waals surface area contributed by atoms with Crippen molar-refractivity contribution in [3.8, 4) is 11.5 Å². The normalized spacial score (nSPS) is 23.7. The molecule has 3 atom stereocenters. The monoisotopic (exact) mass is 466 g/mol. The number of para-hydroxylation sites is 1. The average molecular weight is 467 g/mol. The lowest BCUT2D eigenvalue weighted by atomic mass is 9.83. The van der Waals surface area contributed by atoms with E-state index >= 15 is 0 Å². The first kappa shape index (κ1) is 23.2. The summed E-state index contributed by atoms with van der Waals surface area (Å²) in [4.78, 5) is 28.5. The van der Waals surface area contributed by atoms with Crippen molar-refractivity contribution in [3.63, 3.8) is 0 Å². The van der Waals surface area contributed by atoms with Crippen molar-refractivity contribution in [2.75, 3.05) is 21.3 Å². The van der Waals surface area contributed by atoms with Crippen molar-refractivity contribution < 1.29 is 19.1 Å². The van der Waals surface area contributed by atoms with Gasteiger partial charge in [0.05, 0.1) is 19.1 Å². The van der Waals surface area contributed by atoms with Crippen molar-refractivity contribution in [2.45, 2.75) is 37.1 Å². The van der Waals surface area contributed by atoms with Gasteiger partial charge in [0.1, 0.15) is 11.5 Å². The maximum absolute atomic E-state index is 13.1. The van der Waals surface area contributed by atoms with Crippen LogP contribution in [0.3, 0.4) is 0 Å². The number of benzene rings is 2. The van der Waals surface area contributed by atoms with Gasteiger partial charge in [0.15, 0.2) is 0 Å². The van der Waals surface area contributed by atoms with E-state index in [9.17, 15) is 9.59 Å². The minimum absolute atomic E-state index is 0.00597. The predicted molar refractivity (Wildman–Crippen MR) is 131 cm³/mol. The molecule has 2 amide bonds. The lowest BCUT2D eigenvalue weighted by Gasteiger charge is -2.44. The highest BCUT2D eigenvalue weighted by atomic mass is 32.2. The molecular formula is C26H30N2O4S. The number of carbonyl (C=O) groups is 2. The number of likely N-dealkylation sites (N-methyl/N-ethyl adjacent to an activating group) is 1. The molecule has 2 aliphatic rings. The molecule has 0 aromatic heterocycles. The van der Waals surface area contributed by atoms with E-state index in [2.05, 4.69) is 5.32 Å². The minimum atomic E-state index is -0.0832. The molecule has 3 unspecified atom stereocenters. The molecule has 1 saturated carbocycles. The number of fused-ring (bicyclic) bond motifs is 1. The number of amides is 2. The number of hydrogen-bond donors (Lipinski definition) is 1. The molecule has 7 heteroatoms. The van der Waals surface area contributed by atoms with Crippen molar-refractivity contribution in [1.82, 2.24) is 10.2 Å². The van der Waals surface area contributed by atoms with Gasteiger partial charge in [-0.15, -0.1) is 11.8 Å². The summed E-state index contributed by atoms with van der Waals surface area (Å²) in [5.74, 6) is 1.53. The zero-order chi connectivity index (χ0) is 23.4. The van der Waals surface area contributed by atoms with Gasteiger partial charge in [0.25, 0.3) is 5.91 Å². The van der Waals surface area contributed by atoms with Crippen molar-refractivity contribution in [2.24, 2.45) is 5.92 Å². The largest absolute Gasteiger partial charge is 0.497 e. The molecule has 1 saturated heterocycles. The van der Waals surface area contributed by atoms with Gasteiger partial charge in [0, 0.05) is 36.4 Å². The number of ether oxygens (including phenoxy) is 2. The summed E-state index contributed by atoms with van der Waals surface area (Å²) in [5.41, 5.74) is 1.93. The van der Waals surface area contributed by atoms with Crippen LogP contribution in [-0.2, 0) is 16.1 Å². The zero-order valence-corrected chi connectivity index (χ0v) is 20.1. The maximum Gasteiger partial charge on any atom is 0.260 e. The van der Waals surface area contributed by atoms with Crippen LogP contribution in [0.1, 0.15) is 30.4 Å². The Hall–Kier alpha value is -2.93. The molecule has 174 valence electrons. The first-order chi connectivity index (χ1) is 16.0. The lowest BCUT2D eigenvalue weighted by Crippen LogP contribution is -2.52. The first-order valence-corrected chi connectivity index (χ1v) is 12.1. The quantitative estimate of drug-likeness (QED) is 0.649. The Morgan fingerprint density at radius 1 is 1.12 bits per heavy atom. The molecule has 1 N–H and O–H groups in total. The van der Waals surface area contributed by atoms with E-state index in [1.807, 2.05) is 66.6 Å². The fourth-order valence-electron chi connectivity index (χ4n) is 4.54. The SMILES string of the molecule is COc1ccc(CNC(=O)C2CCC3S/C(=C/c4ccccc4OC)C(=O)N(C)C3C2)cc1. The second-order valence-corrected chi connectivity index (χ2v) is 9.75. The van der Waals surface area contributed by atoms with Gasteiger partial charge < -0.3 is 19.7 Å². The number of carbonyl (C=O) groups excluding carboxylic acids is 2. The molecule has 2 aromatic carbocycles. The van der Waals surface area contributed by atoms with Crippen LogP contribution >= 0.6 is 11.8 Å². The van der Waals surface area contributed by atoms with Crippen LogP contribution in [0, 0.1) is 5.92 Å². The standard InChI is InChI=1S/C26H30N2O4S/c1-28-21-14-19(25(29)27-16-17-8-11-20(31-2)12-9-17)10-13-23(21)33-24(26(28)30)15-18-6-4-5-7-22(18)32-3/h4-9,11-12,15,19,21,23H,10,13-14,16H2,1-3H3,(H,27,29)/b24-15+. The summed E-state index contributed by atoms with van der Waals surface area (Å²) in [6.45, 7) is 0.489. The van der Waals surface area contributed by atoms with E-state index in [0.717, 1.165) is 40.4 Å². The van der Waals surface area contributed by atoms with Gasteiger partial charge in [-0.25, -0.2) is 0 Å². The van der Waals surface area contributed by atoms with E-state index in [4.69, 9.17) is 9.47 Å². The number of rotatable bonds is 6. The highest BCUT2D eigenvalue weighted by Crippen LogP contribution is 2.43. The second kappa shape index (κ2) is 10.3. The molecule has 1 heterocycles.